The lowest BCUT2D eigenvalue weighted by Gasteiger charge is -2.27. The summed E-state index contributed by atoms with van der Waals surface area (Å²) in [5, 5.41) is 9.63. The van der Waals surface area contributed by atoms with Crippen molar-refractivity contribution in [3.8, 4) is 5.75 Å². The second-order valence-corrected chi connectivity index (χ2v) is 4.03. The van der Waals surface area contributed by atoms with Gasteiger partial charge in [0.2, 0.25) is 0 Å². The molecule has 0 spiro atoms. The highest BCUT2D eigenvalue weighted by Gasteiger charge is 2.20. The third kappa shape index (κ3) is 3.89. The van der Waals surface area contributed by atoms with Crippen LogP contribution in [0.15, 0.2) is 24.3 Å². The van der Waals surface area contributed by atoms with E-state index in [1.807, 2.05) is 0 Å². The maximum absolute atomic E-state index is 9.63. The lowest BCUT2D eigenvalue weighted by molar-refractivity contribution is -0.145. The normalized spacial score (nSPS) is 17.5. The second-order valence-electron chi connectivity index (χ2n) is 4.03. The smallest absolute Gasteiger partial charge is 0.121 e. The minimum absolute atomic E-state index is 0.122. The molecule has 1 heterocycles. The molecule has 17 heavy (non-hydrogen) atoms. The van der Waals surface area contributed by atoms with Gasteiger partial charge in [-0.1, -0.05) is 6.07 Å². The molecular weight excluding hydrogens is 222 g/mol. The highest BCUT2D eigenvalue weighted by Crippen LogP contribution is 2.14. The molecule has 0 saturated carbocycles. The Kier molecular flexibility index (Phi) is 4.19. The fourth-order valence-electron chi connectivity index (χ4n) is 1.40. The van der Waals surface area contributed by atoms with E-state index in [0.29, 0.717) is 24.7 Å². The number of benzene rings is 1. The van der Waals surface area contributed by atoms with E-state index >= 15 is 0 Å². The average molecular weight is 239 g/mol. The van der Waals surface area contributed by atoms with Crippen molar-refractivity contribution in [2.24, 2.45) is 0 Å². The third-order valence-corrected chi connectivity index (χ3v) is 2.43. The monoisotopic (exact) mass is 239 g/mol. The molecule has 1 aliphatic heterocycles. The quantitative estimate of drug-likeness (QED) is 0.704. The van der Waals surface area contributed by atoms with Crippen LogP contribution in [0, 0.1) is 0 Å². The molecule has 0 aromatic heterocycles. The third-order valence-electron chi connectivity index (χ3n) is 2.43. The Balaban J connectivity index is 1.66. The Morgan fingerprint density at radius 3 is 2.88 bits per heavy atom. The van der Waals surface area contributed by atoms with Crippen LogP contribution in [0.3, 0.4) is 0 Å². The summed E-state index contributed by atoms with van der Waals surface area (Å²) in [5.41, 5.74) is 6.25. The minimum atomic E-state index is -0.642. The zero-order valence-electron chi connectivity index (χ0n) is 9.54. The van der Waals surface area contributed by atoms with Crippen LogP contribution >= 0.6 is 0 Å². The summed E-state index contributed by atoms with van der Waals surface area (Å²) in [5.74, 6) is 0.649. The molecule has 2 rings (SSSR count). The van der Waals surface area contributed by atoms with Crippen molar-refractivity contribution in [1.82, 2.24) is 0 Å². The highest BCUT2D eigenvalue weighted by atomic mass is 16.6. The lowest BCUT2D eigenvalue weighted by Crippen LogP contribution is -2.38. The molecule has 0 radical (unpaired) electrons. The van der Waals surface area contributed by atoms with Gasteiger partial charge in [-0.25, -0.2) is 0 Å². The second kappa shape index (κ2) is 5.86. The van der Waals surface area contributed by atoms with Gasteiger partial charge in [0.15, 0.2) is 0 Å². The van der Waals surface area contributed by atoms with Crippen molar-refractivity contribution >= 4 is 5.69 Å². The van der Waals surface area contributed by atoms with Crippen LogP contribution < -0.4 is 10.5 Å². The van der Waals surface area contributed by atoms with Gasteiger partial charge in [-0.05, 0) is 12.1 Å². The van der Waals surface area contributed by atoms with Crippen molar-refractivity contribution in [2.45, 2.75) is 12.2 Å². The molecule has 0 bridgehead atoms. The van der Waals surface area contributed by atoms with Crippen LogP contribution in [0.2, 0.25) is 0 Å². The van der Waals surface area contributed by atoms with Crippen LogP contribution in [-0.2, 0) is 9.47 Å². The van der Waals surface area contributed by atoms with E-state index in [1.165, 1.54) is 0 Å². The molecule has 5 nitrogen and oxygen atoms in total. The molecule has 1 saturated heterocycles. The van der Waals surface area contributed by atoms with Gasteiger partial charge in [0, 0.05) is 11.8 Å². The fourth-order valence-corrected chi connectivity index (χ4v) is 1.40. The predicted molar refractivity (Wildman–Crippen MR) is 62.9 cm³/mol. The largest absolute Gasteiger partial charge is 0.491 e. The number of ether oxygens (including phenoxy) is 3. The summed E-state index contributed by atoms with van der Waals surface area (Å²) in [6, 6.07) is 7.10. The van der Waals surface area contributed by atoms with Gasteiger partial charge < -0.3 is 25.1 Å². The van der Waals surface area contributed by atoms with Crippen molar-refractivity contribution < 1.29 is 19.3 Å². The molecule has 1 aromatic carbocycles. The maximum atomic E-state index is 9.63. The summed E-state index contributed by atoms with van der Waals surface area (Å²) in [7, 11) is 0. The molecule has 0 amide bonds. The van der Waals surface area contributed by atoms with Gasteiger partial charge >= 0.3 is 0 Å². The predicted octanol–water partition coefficient (Wildman–Crippen LogP) is 0.424. The number of aliphatic hydroxyl groups excluding tert-OH is 1. The number of hydrogen-bond donors (Lipinski definition) is 2. The Hall–Kier alpha value is -1.30. The molecule has 1 aromatic rings. The zero-order valence-corrected chi connectivity index (χ0v) is 9.54. The van der Waals surface area contributed by atoms with E-state index in [-0.39, 0.29) is 19.3 Å². The van der Waals surface area contributed by atoms with Gasteiger partial charge in [0.1, 0.15) is 24.6 Å². The van der Waals surface area contributed by atoms with Crippen LogP contribution in [0.5, 0.6) is 5.75 Å². The van der Waals surface area contributed by atoms with E-state index in [0.717, 1.165) is 0 Å². The molecule has 3 N–H and O–H groups in total. The number of nitrogen functional groups attached to an aromatic ring is 1. The Bertz CT molecular complexity index is 354. The van der Waals surface area contributed by atoms with Crippen LogP contribution in [0.1, 0.15) is 0 Å². The molecular formula is C12H17NO4. The first-order chi connectivity index (χ1) is 8.24. The van der Waals surface area contributed by atoms with Crippen molar-refractivity contribution in [2.75, 3.05) is 32.2 Å². The summed E-state index contributed by atoms with van der Waals surface area (Å²) >= 11 is 0. The zero-order chi connectivity index (χ0) is 12.1. The fraction of sp³-hybridized carbons (Fsp3) is 0.500. The molecule has 1 aliphatic rings. The highest BCUT2D eigenvalue weighted by molar-refractivity contribution is 5.43. The lowest BCUT2D eigenvalue weighted by atomic mass is 10.3. The maximum Gasteiger partial charge on any atom is 0.121 e. The van der Waals surface area contributed by atoms with Crippen LogP contribution in [0.25, 0.3) is 0 Å². The molecule has 94 valence electrons. The Labute approximate surface area is 100 Å². The standard InChI is InChI=1S/C12H17NO4/c13-9-2-1-3-11(4-9)16-5-10(14)6-17-12-7-15-8-12/h1-4,10,12,14H,5-8,13H2. The molecule has 1 unspecified atom stereocenters. The number of hydrogen-bond acceptors (Lipinski definition) is 5. The number of rotatable bonds is 6. The summed E-state index contributed by atoms with van der Waals surface area (Å²) in [6.45, 7) is 1.68. The van der Waals surface area contributed by atoms with E-state index in [9.17, 15) is 5.11 Å². The number of anilines is 1. The summed E-state index contributed by atoms with van der Waals surface area (Å²) < 4.78 is 15.7. The van der Waals surface area contributed by atoms with E-state index in [1.54, 1.807) is 24.3 Å². The van der Waals surface area contributed by atoms with E-state index in [2.05, 4.69) is 0 Å². The average Bonchev–Trinajstić information content (AvgIpc) is 2.24. The Morgan fingerprint density at radius 2 is 2.24 bits per heavy atom. The van der Waals surface area contributed by atoms with E-state index < -0.39 is 6.10 Å². The van der Waals surface area contributed by atoms with Gasteiger partial charge in [0.25, 0.3) is 0 Å². The first kappa shape index (κ1) is 12.2. The Morgan fingerprint density at radius 1 is 1.41 bits per heavy atom. The van der Waals surface area contributed by atoms with Crippen molar-refractivity contribution in [3.63, 3.8) is 0 Å². The molecule has 5 heteroatoms. The number of aliphatic hydroxyl groups is 1. The van der Waals surface area contributed by atoms with Crippen molar-refractivity contribution in [1.29, 1.82) is 0 Å². The first-order valence-electron chi connectivity index (χ1n) is 5.60. The number of nitrogens with two attached hydrogens (primary N) is 1. The first-order valence-corrected chi connectivity index (χ1v) is 5.60. The molecule has 1 fully saturated rings. The van der Waals surface area contributed by atoms with Crippen molar-refractivity contribution in [3.05, 3.63) is 24.3 Å². The van der Waals surface area contributed by atoms with Crippen LogP contribution in [-0.4, -0.2) is 43.7 Å². The minimum Gasteiger partial charge on any atom is -0.491 e. The summed E-state index contributed by atoms with van der Waals surface area (Å²) in [4.78, 5) is 0. The van der Waals surface area contributed by atoms with Gasteiger partial charge in [-0.2, -0.15) is 0 Å². The van der Waals surface area contributed by atoms with Gasteiger partial charge in [0.05, 0.1) is 19.8 Å². The van der Waals surface area contributed by atoms with E-state index in [4.69, 9.17) is 19.9 Å². The topological polar surface area (TPSA) is 73.9 Å². The SMILES string of the molecule is Nc1cccc(OCC(O)COC2COC2)c1. The summed E-state index contributed by atoms with van der Waals surface area (Å²) in [6.07, 6.45) is -0.519. The molecule has 1 atom stereocenters. The molecule has 0 aliphatic carbocycles. The van der Waals surface area contributed by atoms with Crippen LogP contribution in [0.4, 0.5) is 5.69 Å². The van der Waals surface area contributed by atoms with Gasteiger partial charge in [-0.15, -0.1) is 0 Å². The van der Waals surface area contributed by atoms with Gasteiger partial charge in [-0.3, -0.25) is 0 Å².